The van der Waals surface area contributed by atoms with E-state index in [0.29, 0.717) is 11.4 Å². The lowest BCUT2D eigenvalue weighted by molar-refractivity contribution is -0.126. The molecule has 0 spiro atoms. The van der Waals surface area contributed by atoms with E-state index in [9.17, 15) is 14.0 Å². The molecule has 0 aromatic heterocycles. The van der Waals surface area contributed by atoms with Crippen LogP contribution in [0.25, 0.3) is 0 Å². The highest BCUT2D eigenvalue weighted by Gasteiger charge is 2.63. The first-order valence-corrected chi connectivity index (χ1v) is 9.41. The Balaban J connectivity index is 1.60. The number of fused-ring (bicyclic) bond motifs is 3. The number of hydrazine groups is 1. The van der Waals surface area contributed by atoms with Gasteiger partial charge in [0.2, 0.25) is 5.91 Å². The summed E-state index contributed by atoms with van der Waals surface area (Å²) in [4.78, 5) is 27.9. The van der Waals surface area contributed by atoms with Gasteiger partial charge in [0.1, 0.15) is 17.6 Å². The lowest BCUT2D eigenvalue weighted by Gasteiger charge is -2.30. The molecule has 3 aliphatic rings. The van der Waals surface area contributed by atoms with Crippen LogP contribution in [0.5, 0.6) is 5.75 Å². The number of methoxy groups -OCH3 is 1. The minimum absolute atomic E-state index is 0.244. The number of rotatable bonds is 3. The molecule has 0 saturated carbocycles. The third kappa shape index (κ3) is 2.33. The summed E-state index contributed by atoms with van der Waals surface area (Å²) in [6.07, 6.45) is 0.937. The molecule has 2 aromatic rings. The zero-order valence-electron chi connectivity index (χ0n) is 15.4. The molecule has 0 aliphatic carbocycles. The molecule has 0 unspecified atom stereocenters. The standard InChI is InChI=1S/C21H20FN3O3/c1-28-16-6-3-2-5-15(16)18-17-19(24-12-4-11-23(18)24)21(27)25(20(17)26)14-9-7-13(22)8-10-14/h2-3,5-10,17-19H,4,11-12H2,1H3/t17-,18+,19+/m0/s1. The van der Waals surface area contributed by atoms with Crippen molar-refractivity contribution in [1.29, 1.82) is 0 Å². The average Bonchev–Trinajstić information content (AvgIpc) is 3.35. The number of anilines is 1. The Morgan fingerprint density at radius 1 is 0.929 bits per heavy atom. The number of carbonyl (C=O) groups is 2. The number of amides is 2. The Bertz CT molecular complexity index is 948. The molecule has 0 bridgehead atoms. The lowest BCUT2D eigenvalue weighted by atomic mass is 9.89. The predicted octanol–water partition coefficient (Wildman–Crippen LogP) is 2.37. The molecule has 0 N–H and O–H groups in total. The topological polar surface area (TPSA) is 53.1 Å². The normalized spacial score (nSPS) is 27.4. The number of para-hydroxylation sites is 1. The third-order valence-electron chi connectivity index (χ3n) is 5.95. The first kappa shape index (κ1) is 17.3. The molecule has 6 nitrogen and oxygen atoms in total. The second kappa shape index (κ2) is 6.39. The molecule has 5 rings (SSSR count). The van der Waals surface area contributed by atoms with Crippen LogP contribution in [0.4, 0.5) is 10.1 Å². The van der Waals surface area contributed by atoms with E-state index in [2.05, 4.69) is 5.01 Å². The number of carbonyl (C=O) groups excluding carboxylic acids is 2. The SMILES string of the molecule is COc1ccccc1[C@@H]1[C@@H]2C(=O)N(c3ccc(F)cc3)C(=O)[C@@H]2N2CCCN12. The van der Waals surface area contributed by atoms with E-state index < -0.39 is 17.8 Å². The van der Waals surface area contributed by atoms with Gasteiger partial charge < -0.3 is 4.74 Å². The summed E-state index contributed by atoms with van der Waals surface area (Å²) in [5.74, 6) is -0.701. The maximum absolute atomic E-state index is 13.4. The Hall–Kier alpha value is -2.77. The number of benzene rings is 2. The fourth-order valence-corrected chi connectivity index (χ4v) is 4.84. The number of halogens is 1. The van der Waals surface area contributed by atoms with E-state index in [1.54, 1.807) is 7.11 Å². The first-order chi connectivity index (χ1) is 13.6. The van der Waals surface area contributed by atoms with Crippen molar-refractivity contribution in [3.8, 4) is 5.75 Å². The summed E-state index contributed by atoms with van der Waals surface area (Å²) in [7, 11) is 1.61. The smallest absolute Gasteiger partial charge is 0.253 e. The molecule has 2 aromatic carbocycles. The first-order valence-electron chi connectivity index (χ1n) is 9.41. The van der Waals surface area contributed by atoms with E-state index in [1.165, 1.54) is 29.2 Å². The van der Waals surface area contributed by atoms with Crippen LogP contribution in [0.3, 0.4) is 0 Å². The van der Waals surface area contributed by atoms with Crippen molar-refractivity contribution in [1.82, 2.24) is 10.0 Å². The number of hydrogen-bond acceptors (Lipinski definition) is 5. The molecule has 3 heterocycles. The molecular formula is C21H20FN3O3. The molecule has 3 aliphatic heterocycles. The van der Waals surface area contributed by atoms with Crippen molar-refractivity contribution in [3.63, 3.8) is 0 Å². The van der Waals surface area contributed by atoms with E-state index in [1.807, 2.05) is 29.3 Å². The molecular weight excluding hydrogens is 361 g/mol. The number of hydrogen-bond donors (Lipinski definition) is 0. The molecule has 3 atom stereocenters. The minimum Gasteiger partial charge on any atom is -0.496 e. The van der Waals surface area contributed by atoms with Gasteiger partial charge in [0.25, 0.3) is 5.91 Å². The average molecular weight is 381 g/mol. The van der Waals surface area contributed by atoms with Gasteiger partial charge in [-0.05, 0) is 36.8 Å². The third-order valence-corrected chi connectivity index (χ3v) is 5.95. The quantitative estimate of drug-likeness (QED) is 0.764. The van der Waals surface area contributed by atoms with Gasteiger partial charge in [0, 0.05) is 18.7 Å². The second-order valence-corrected chi connectivity index (χ2v) is 7.33. The molecule has 3 fully saturated rings. The Kier molecular flexibility index (Phi) is 3.96. The van der Waals surface area contributed by atoms with Gasteiger partial charge in [-0.25, -0.2) is 19.3 Å². The van der Waals surface area contributed by atoms with Crippen LogP contribution in [0, 0.1) is 11.7 Å². The van der Waals surface area contributed by atoms with Gasteiger partial charge in [-0.2, -0.15) is 0 Å². The van der Waals surface area contributed by atoms with Crippen LogP contribution >= 0.6 is 0 Å². The zero-order chi connectivity index (χ0) is 19.4. The van der Waals surface area contributed by atoms with Crippen molar-refractivity contribution in [3.05, 3.63) is 59.9 Å². The van der Waals surface area contributed by atoms with Gasteiger partial charge >= 0.3 is 0 Å². The predicted molar refractivity (Wildman–Crippen MR) is 99.9 cm³/mol. The monoisotopic (exact) mass is 381 g/mol. The van der Waals surface area contributed by atoms with Gasteiger partial charge in [-0.15, -0.1) is 0 Å². The van der Waals surface area contributed by atoms with Gasteiger partial charge in [-0.1, -0.05) is 18.2 Å². The summed E-state index contributed by atoms with van der Waals surface area (Å²) in [6.45, 7) is 1.54. The minimum atomic E-state index is -0.532. The highest BCUT2D eigenvalue weighted by molar-refractivity contribution is 6.24. The molecule has 0 radical (unpaired) electrons. The van der Waals surface area contributed by atoms with Gasteiger partial charge in [0.05, 0.1) is 24.8 Å². The number of imide groups is 1. The van der Waals surface area contributed by atoms with Crippen molar-refractivity contribution in [2.24, 2.45) is 5.92 Å². The van der Waals surface area contributed by atoms with E-state index in [-0.39, 0.29) is 17.9 Å². The molecule has 144 valence electrons. The fraction of sp³-hybridized carbons (Fsp3) is 0.333. The van der Waals surface area contributed by atoms with Crippen molar-refractivity contribution < 1.29 is 18.7 Å². The van der Waals surface area contributed by atoms with Crippen LogP contribution in [0.2, 0.25) is 0 Å². The Morgan fingerprint density at radius 2 is 1.61 bits per heavy atom. The summed E-state index contributed by atoms with van der Waals surface area (Å²) in [5.41, 5.74) is 1.32. The summed E-state index contributed by atoms with van der Waals surface area (Å²) < 4.78 is 18.9. The molecule has 28 heavy (non-hydrogen) atoms. The summed E-state index contributed by atoms with van der Waals surface area (Å²) in [6, 6.07) is 12.3. The maximum atomic E-state index is 13.4. The zero-order valence-corrected chi connectivity index (χ0v) is 15.4. The number of nitrogens with zero attached hydrogens (tertiary/aromatic N) is 3. The number of ether oxygens (including phenoxy) is 1. The largest absolute Gasteiger partial charge is 0.496 e. The van der Waals surface area contributed by atoms with Crippen LogP contribution in [-0.2, 0) is 9.59 Å². The summed E-state index contributed by atoms with van der Waals surface area (Å²) in [5, 5.41) is 4.18. The second-order valence-electron chi connectivity index (χ2n) is 7.33. The molecule has 3 saturated heterocycles. The van der Waals surface area contributed by atoms with Crippen molar-refractivity contribution in [2.75, 3.05) is 25.1 Å². The van der Waals surface area contributed by atoms with E-state index in [4.69, 9.17) is 4.74 Å². The molecule has 2 amide bonds. The lowest BCUT2D eigenvalue weighted by Crippen LogP contribution is -2.44. The van der Waals surface area contributed by atoms with Gasteiger partial charge in [-0.3, -0.25) is 9.59 Å². The van der Waals surface area contributed by atoms with Crippen LogP contribution in [0.1, 0.15) is 18.0 Å². The van der Waals surface area contributed by atoms with Crippen molar-refractivity contribution in [2.45, 2.75) is 18.5 Å². The van der Waals surface area contributed by atoms with Crippen LogP contribution in [0.15, 0.2) is 48.5 Å². The fourth-order valence-electron chi connectivity index (χ4n) is 4.84. The van der Waals surface area contributed by atoms with Crippen LogP contribution < -0.4 is 9.64 Å². The van der Waals surface area contributed by atoms with Crippen LogP contribution in [-0.4, -0.2) is 48.1 Å². The highest BCUT2D eigenvalue weighted by Crippen LogP contribution is 2.50. The van der Waals surface area contributed by atoms with E-state index in [0.717, 1.165) is 25.1 Å². The van der Waals surface area contributed by atoms with Crippen molar-refractivity contribution >= 4 is 17.5 Å². The molecule has 7 heteroatoms. The van der Waals surface area contributed by atoms with E-state index >= 15 is 0 Å². The Labute approximate surface area is 162 Å². The highest BCUT2D eigenvalue weighted by atomic mass is 19.1. The van der Waals surface area contributed by atoms with Gasteiger partial charge in [0.15, 0.2) is 0 Å². The maximum Gasteiger partial charge on any atom is 0.253 e. The summed E-state index contributed by atoms with van der Waals surface area (Å²) >= 11 is 0. The Morgan fingerprint density at radius 3 is 2.32 bits per heavy atom.